The van der Waals surface area contributed by atoms with Crippen LogP contribution < -0.4 is 9.47 Å². The van der Waals surface area contributed by atoms with E-state index in [1.807, 2.05) is 31.2 Å². The summed E-state index contributed by atoms with van der Waals surface area (Å²) in [6.45, 7) is 2.33. The highest BCUT2D eigenvalue weighted by Gasteiger charge is 2.13. The van der Waals surface area contributed by atoms with Crippen molar-refractivity contribution < 1.29 is 27.4 Å². The summed E-state index contributed by atoms with van der Waals surface area (Å²) >= 11 is 0. The molecule has 0 amide bonds. The Hall–Kier alpha value is -3.32. The summed E-state index contributed by atoms with van der Waals surface area (Å²) in [7, 11) is -2.00. The number of esters is 1. The summed E-state index contributed by atoms with van der Waals surface area (Å²) in [5.41, 5.74) is 2.41. The van der Waals surface area contributed by atoms with Crippen LogP contribution in [0.25, 0.3) is 0 Å². The Morgan fingerprint density at radius 2 is 1.57 bits per heavy atom. The molecule has 0 aliphatic heterocycles. The van der Waals surface area contributed by atoms with E-state index in [4.69, 9.17) is 14.2 Å². The van der Waals surface area contributed by atoms with E-state index in [1.165, 1.54) is 25.3 Å². The molecule has 3 rings (SSSR count). The summed E-state index contributed by atoms with van der Waals surface area (Å²) in [6, 6.07) is 18.7. The van der Waals surface area contributed by atoms with Gasteiger partial charge in [0.1, 0.15) is 23.9 Å². The highest BCUT2D eigenvalue weighted by Crippen LogP contribution is 2.29. The Morgan fingerprint density at radius 3 is 2.20 bits per heavy atom. The molecule has 30 heavy (non-hydrogen) atoms. The second-order valence-electron chi connectivity index (χ2n) is 6.75. The fraction of sp³-hybridized carbons (Fsp3) is 0.174. The topological polar surface area (TPSA) is 78.9 Å². The van der Waals surface area contributed by atoms with E-state index in [9.17, 15) is 13.2 Å². The number of benzene rings is 3. The molecule has 156 valence electrons. The Kier molecular flexibility index (Phi) is 6.42. The summed E-state index contributed by atoms with van der Waals surface area (Å²) in [5.74, 6) is 0.719. The molecule has 0 heterocycles. The van der Waals surface area contributed by atoms with Crippen LogP contribution in [-0.2, 0) is 21.2 Å². The van der Waals surface area contributed by atoms with Crippen LogP contribution in [0, 0.1) is 6.92 Å². The predicted molar refractivity (Wildman–Crippen MR) is 113 cm³/mol. The molecule has 0 radical (unpaired) electrons. The lowest BCUT2D eigenvalue weighted by Crippen LogP contribution is -2.04. The number of methoxy groups -OCH3 is 1. The molecule has 0 unspecified atom stereocenters. The highest BCUT2D eigenvalue weighted by molar-refractivity contribution is 7.90. The molecule has 0 bridgehead atoms. The van der Waals surface area contributed by atoms with Gasteiger partial charge in [-0.05, 0) is 54.4 Å². The maximum Gasteiger partial charge on any atom is 0.338 e. The summed E-state index contributed by atoms with van der Waals surface area (Å²) in [5, 5.41) is 0. The van der Waals surface area contributed by atoms with Gasteiger partial charge in [0.05, 0.1) is 17.6 Å². The molecule has 3 aromatic carbocycles. The third-order valence-corrected chi connectivity index (χ3v) is 5.57. The van der Waals surface area contributed by atoms with E-state index in [-0.39, 0.29) is 10.5 Å². The highest BCUT2D eigenvalue weighted by atomic mass is 32.2. The molecule has 0 atom stereocenters. The van der Waals surface area contributed by atoms with Gasteiger partial charge < -0.3 is 14.2 Å². The molecule has 6 nitrogen and oxygen atoms in total. The van der Waals surface area contributed by atoms with Gasteiger partial charge in [-0.2, -0.15) is 0 Å². The fourth-order valence-electron chi connectivity index (χ4n) is 2.77. The first-order valence-electron chi connectivity index (χ1n) is 9.15. The number of carbonyl (C=O) groups excluding carboxylic acids is 1. The van der Waals surface area contributed by atoms with E-state index in [0.29, 0.717) is 23.9 Å². The van der Waals surface area contributed by atoms with Crippen LogP contribution in [-0.4, -0.2) is 27.8 Å². The van der Waals surface area contributed by atoms with Crippen LogP contribution in [0.1, 0.15) is 21.5 Å². The van der Waals surface area contributed by atoms with Crippen molar-refractivity contribution in [3.63, 3.8) is 0 Å². The molecule has 0 saturated heterocycles. The van der Waals surface area contributed by atoms with Crippen LogP contribution >= 0.6 is 0 Å². The van der Waals surface area contributed by atoms with E-state index < -0.39 is 15.8 Å². The summed E-state index contributed by atoms with van der Waals surface area (Å²) in [6.07, 6.45) is 1.14. The summed E-state index contributed by atoms with van der Waals surface area (Å²) in [4.78, 5) is 12.2. The Morgan fingerprint density at radius 1 is 0.900 bits per heavy atom. The monoisotopic (exact) mass is 426 g/mol. The van der Waals surface area contributed by atoms with Crippen molar-refractivity contribution in [1.82, 2.24) is 0 Å². The fourth-order valence-corrected chi connectivity index (χ4v) is 3.40. The molecule has 0 fully saturated rings. The van der Waals surface area contributed by atoms with Crippen molar-refractivity contribution in [1.29, 1.82) is 0 Å². The third-order valence-electron chi connectivity index (χ3n) is 4.44. The standard InChI is InChI=1S/C23H22O6S/c1-16-6-4-5-7-17(16)15-28-20-12-18(23(24)27-2)13-21(14-20)29-19-8-10-22(11-9-19)30(3,25)26/h4-14H,15H2,1-3H3. The van der Waals surface area contributed by atoms with Gasteiger partial charge in [-0.25, -0.2) is 13.2 Å². The number of sulfone groups is 1. The molecule has 0 N–H and O–H groups in total. The number of aryl methyl sites for hydroxylation is 1. The maximum atomic E-state index is 12.1. The number of hydrogen-bond acceptors (Lipinski definition) is 6. The van der Waals surface area contributed by atoms with Crippen LogP contribution in [0.3, 0.4) is 0 Å². The lowest BCUT2D eigenvalue weighted by molar-refractivity contribution is 0.0599. The molecule has 0 spiro atoms. The van der Waals surface area contributed by atoms with Crippen LogP contribution in [0.15, 0.2) is 71.6 Å². The van der Waals surface area contributed by atoms with E-state index in [0.717, 1.165) is 17.4 Å². The molecular weight excluding hydrogens is 404 g/mol. The largest absolute Gasteiger partial charge is 0.489 e. The van der Waals surface area contributed by atoms with Gasteiger partial charge in [-0.15, -0.1) is 0 Å². The van der Waals surface area contributed by atoms with Gasteiger partial charge in [-0.3, -0.25) is 0 Å². The average molecular weight is 426 g/mol. The quantitative estimate of drug-likeness (QED) is 0.516. The van der Waals surface area contributed by atoms with Crippen molar-refractivity contribution >= 4 is 15.8 Å². The van der Waals surface area contributed by atoms with Crippen LogP contribution in [0.2, 0.25) is 0 Å². The predicted octanol–water partition coefficient (Wildman–Crippen LogP) is 4.56. The van der Waals surface area contributed by atoms with E-state index in [1.54, 1.807) is 24.3 Å². The molecule has 3 aromatic rings. The second-order valence-corrected chi connectivity index (χ2v) is 8.76. The number of ether oxygens (including phenoxy) is 3. The Bertz CT molecular complexity index is 1150. The first kappa shape index (κ1) is 21.4. The Balaban J connectivity index is 1.85. The molecule has 0 saturated carbocycles. The van der Waals surface area contributed by atoms with Gasteiger partial charge in [0.15, 0.2) is 9.84 Å². The first-order chi connectivity index (χ1) is 14.3. The number of carbonyl (C=O) groups is 1. The normalized spacial score (nSPS) is 11.0. The molecule has 7 heteroatoms. The zero-order valence-electron chi connectivity index (χ0n) is 16.9. The van der Waals surface area contributed by atoms with Crippen molar-refractivity contribution in [2.24, 2.45) is 0 Å². The lowest BCUT2D eigenvalue weighted by Gasteiger charge is -2.13. The van der Waals surface area contributed by atoms with Gasteiger partial charge in [0.25, 0.3) is 0 Å². The average Bonchev–Trinajstić information content (AvgIpc) is 2.72. The maximum absolute atomic E-state index is 12.1. The minimum absolute atomic E-state index is 0.195. The lowest BCUT2D eigenvalue weighted by atomic mass is 10.1. The van der Waals surface area contributed by atoms with E-state index >= 15 is 0 Å². The summed E-state index contributed by atoms with van der Waals surface area (Å²) < 4.78 is 39.7. The Labute approximate surface area is 175 Å². The SMILES string of the molecule is COC(=O)c1cc(OCc2ccccc2C)cc(Oc2ccc(S(C)(=O)=O)cc2)c1. The van der Waals surface area contributed by atoms with Crippen molar-refractivity contribution in [3.05, 3.63) is 83.4 Å². The van der Waals surface area contributed by atoms with Crippen molar-refractivity contribution in [3.8, 4) is 17.2 Å². The van der Waals surface area contributed by atoms with Crippen molar-refractivity contribution in [2.75, 3.05) is 13.4 Å². The zero-order chi connectivity index (χ0) is 21.7. The smallest absolute Gasteiger partial charge is 0.338 e. The van der Waals surface area contributed by atoms with Gasteiger partial charge in [-0.1, -0.05) is 24.3 Å². The molecule has 0 aliphatic rings. The molecule has 0 aliphatic carbocycles. The first-order valence-corrected chi connectivity index (χ1v) is 11.0. The zero-order valence-corrected chi connectivity index (χ0v) is 17.7. The minimum atomic E-state index is -3.29. The van der Waals surface area contributed by atoms with Gasteiger partial charge in [0.2, 0.25) is 0 Å². The van der Waals surface area contributed by atoms with Gasteiger partial charge >= 0.3 is 5.97 Å². The molecular formula is C23H22O6S. The van der Waals surface area contributed by atoms with Gasteiger partial charge in [0, 0.05) is 12.3 Å². The second kappa shape index (κ2) is 9.00. The third kappa shape index (κ3) is 5.39. The number of hydrogen-bond donors (Lipinski definition) is 0. The molecule has 0 aromatic heterocycles. The van der Waals surface area contributed by atoms with Crippen molar-refractivity contribution in [2.45, 2.75) is 18.4 Å². The van der Waals surface area contributed by atoms with Crippen LogP contribution in [0.5, 0.6) is 17.2 Å². The van der Waals surface area contributed by atoms with E-state index in [2.05, 4.69) is 0 Å². The van der Waals surface area contributed by atoms with Crippen LogP contribution in [0.4, 0.5) is 0 Å². The minimum Gasteiger partial charge on any atom is -0.489 e. The number of rotatable bonds is 7.